The lowest BCUT2D eigenvalue weighted by Crippen LogP contribution is -2.22. The first-order valence-corrected chi connectivity index (χ1v) is 11.6. The molecule has 2 heterocycles. The van der Waals surface area contributed by atoms with Crippen LogP contribution in [0.15, 0.2) is 34.5 Å². The van der Waals surface area contributed by atoms with Crippen LogP contribution in [0.4, 0.5) is 0 Å². The summed E-state index contributed by atoms with van der Waals surface area (Å²) in [5, 5.41) is 4.06. The summed E-state index contributed by atoms with van der Waals surface area (Å²) < 4.78 is 25.9. The van der Waals surface area contributed by atoms with Crippen LogP contribution < -0.4 is 5.32 Å². The average molecular weight is 418 g/mol. The van der Waals surface area contributed by atoms with Crippen LogP contribution in [-0.2, 0) is 29.4 Å². The number of fused-ring (bicyclic) bond motifs is 3. The maximum Gasteiger partial charge on any atom is 0.253 e. The predicted molar refractivity (Wildman–Crippen MR) is 111 cm³/mol. The molecule has 1 amide bonds. The number of carbonyl (C=O) groups is 1. The first kappa shape index (κ1) is 19.2. The number of sulfonamides is 1. The summed E-state index contributed by atoms with van der Waals surface area (Å²) in [6.45, 7) is 0.295. The van der Waals surface area contributed by atoms with Gasteiger partial charge in [0.15, 0.2) is 0 Å². The van der Waals surface area contributed by atoms with Crippen molar-refractivity contribution in [2.24, 2.45) is 0 Å². The summed E-state index contributed by atoms with van der Waals surface area (Å²) in [6, 6.07) is 9.16. The fourth-order valence-electron chi connectivity index (χ4n) is 3.65. The van der Waals surface area contributed by atoms with Crippen molar-refractivity contribution in [3.8, 4) is 0 Å². The lowest BCUT2D eigenvalue weighted by molar-refractivity contribution is 0.0953. The number of thiophene rings is 1. The molecule has 148 valence electrons. The van der Waals surface area contributed by atoms with Gasteiger partial charge in [-0.15, -0.1) is 11.3 Å². The molecule has 1 aliphatic rings. The van der Waals surface area contributed by atoms with Gasteiger partial charge in [-0.25, -0.2) is 12.7 Å². The van der Waals surface area contributed by atoms with Crippen molar-refractivity contribution < 1.29 is 13.2 Å². The maximum atomic E-state index is 12.8. The lowest BCUT2D eigenvalue weighted by Gasteiger charge is -2.10. The van der Waals surface area contributed by atoms with E-state index >= 15 is 0 Å². The molecule has 0 saturated heterocycles. The molecule has 2 aromatic heterocycles. The summed E-state index contributed by atoms with van der Waals surface area (Å²) in [6.07, 6.45) is 4.45. The predicted octanol–water partition coefficient (Wildman–Crippen LogP) is 3.29. The Hall–Kier alpha value is -2.16. The summed E-state index contributed by atoms with van der Waals surface area (Å²) in [7, 11) is -0.429. The highest BCUT2D eigenvalue weighted by atomic mass is 32.2. The van der Waals surface area contributed by atoms with Crippen molar-refractivity contribution in [2.45, 2.75) is 36.4 Å². The monoisotopic (exact) mass is 417 g/mol. The molecule has 2 N–H and O–H groups in total. The summed E-state index contributed by atoms with van der Waals surface area (Å²) in [4.78, 5) is 17.1. The van der Waals surface area contributed by atoms with Crippen LogP contribution in [0.1, 0.15) is 39.3 Å². The minimum Gasteiger partial charge on any atom is -0.358 e. The Labute approximate surface area is 168 Å². The molecule has 4 rings (SSSR count). The molecular weight excluding hydrogens is 394 g/mol. The minimum absolute atomic E-state index is 0.158. The fourth-order valence-corrected chi connectivity index (χ4v) is 6.12. The van der Waals surface area contributed by atoms with Gasteiger partial charge in [-0.05, 0) is 49.4 Å². The summed E-state index contributed by atoms with van der Waals surface area (Å²) >= 11 is 1.18. The van der Waals surface area contributed by atoms with Crippen molar-refractivity contribution in [3.63, 3.8) is 0 Å². The van der Waals surface area contributed by atoms with Crippen LogP contribution in [0.5, 0.6) is 0 Å². The van der Waals surface area contributed by atoms with E-state index in [1.165, 1.54) is 53.8 Å². The van der Waals surface area contributed by atoms with E-state index < -0.39 is 10.0 Å². The molecule has 0 bridgehead atoms. The number of nitrogens with one attached hydrogen (secondary N) is 2. The van der Waals surface area contributed by atoms with Gasteiger partial charge in [0.25, 0.3) is 15.9 Å². The zero-order chi connectivity index (χ0) is 19.9. The second-order valence-corrected chi connectivity index (χ2v) is 10.8. The van der Waals surface area contributed by atoms with Gasteiger partial charge in [-0.2, -0.15) is 0 Å². The van der Waals surface area contributed by atoms with E-state index in [4.69, 9.17) is 0 Å². The normalized spacial score (nSPS) is 14.4. The molecule has 3 aromatic rings. The second-order valence-electron chi connectivity index (χ2n) is 7.21. The zero-order valence-corrected chi connectivity index (χ0v) is 17.5. The third-order valence-corrected chi connectivity index (χ3v) is 8.54. The van der Waals surface area contributed by atoms with Crippen LogP contribution >= 0.6 is 11.3 Å². The van der Waals surface area contributed by atoms with Crippen molar-refractivity contribution in [1.29, 1.82) is 0 Å². The number of para-hydroxylation sites is 1. The number of hydrogen-bond acceptors (Lipinski definition) is 4. The summed E-state index contributed by atoms with van der Waals surface area (Å²) in [5.74, 6) is -0.158. The topological polar surface area (TPSA) is 82.3 Å². The molecule has 0 fully saturated rings. The van der Waals surface area contributed by atoms with Crippen LogP contribution in [0.2, 0.25) is 0 Å². The molecule has 6 nitrogen and oxygen atoms in total. The number of H-pyrrole nitrogens is 1. The highest BCUT2D eigenvalue weighted by molar-refractivity contribution is 7.91. The third-order valence-electron chi connectivity index (χ3n) is 5.17. The molecule has 0 spiro atoms. The molecule has 8 heteroatoms. The number of aryl methyl sites for hydroxylation is 2. The summed E-state index contributed by atoms with van der Waals surface area (Å²) in [5.41, 5.74) is 4.12. The Morgan fingerprint density at radius 3 is 2.75 bits per heavy atom. The Morgan fingerprint density at radius 1 is 1.18 bits per heavy atom. The third kappa shape index (κ3) is 3.36. The molecule has 0 radical (unpaired) electrons. The van der Waals surface area contributed by atoms with E-state index in [9.17, 15) is 13.2 Å². The van der Waals surface area contributed by atoms with Crippen LogP contribution in [0.3, 0.4) is 0 Å². The van der Waals surface area contributed by atoms with Gasteiger partial charge in [0, 0.05) is 30.1 Å². The zero-order valence-electron chi connectivity index (χ0n) is 15.9. The van der Waals surface area contributed by atoms with Crippen molar-refractivity contribution in [3.05, 3.63) is 52.0 Å². The molecule has 0 aliphatic heterocycles. The minimum atomic E-state index is -3.44. The molecule has 1 aromatic carbocycles. The number of aromatic amines is 1. The Balaban J connectivity index is 1.54. The largest absolute Gasteiger partial charge is 0.358 e. The van der Waals surface area contributed by atoms with Crippen LogP contribution in [0, 0.1) is 0 Å². The fraction of sp³-hybridized carbons (Fsp3) is 0.350. The first-order chi connectivity index (χ1) is 13.4. The standard InChI is InChI=1S/C20H23N3O3S2/c1-23(2)28(25,26)18-11-10-13(27-18)12-21-20(24)16-8-5-7-15-14-6-3-4-9-17(14)22-19(15)16/h5,7-8,10-11,22H,3-4,6,9,12H2,1-2H3,(H,21,24). The quantitative estimate of drug-likeness (QED) is 0.668. The van der Waals surface area contributed by atoms with E-state index in [2.05, 4.69) is 16.4 Å². The van der Waals surface area contributed by atoms with Gasteiger partial charge in [-0.3, -0.25) is 4.79 Å². The number of hydrogen-bond donors (Lipinski definition) is 2. The second kappa shape index (κ2) is 7.35. The van der Waals surface area contributed by atoms with Gasteiger partial charge in [0.1, 0.15) is 4.21 Å². The smallest absolute Gasteiger partial charge is 0.253 e. The highest BCUT2D eigenvalue weighted by Crippen LogP contribution is 2.31. The number of amides is 1. The van der Waals surface area contributed by atoms with Crippen LogP contribution in [-0.4, -0.2) is 37.7 Å². The van der Waals surface area contributed by atoms with Gasteiger partial charge in [0.2, 0.25) is 0 Å². The molecule has 0 saturated carbocycles. The Morgan fingerprint density at radius 2 is 1.96 bits per heavy atom. The molecular formula is C20H23N3O3S2. The number of aromatic nitrogens is 1. The first-order valence-electron chi connectivity index (χ1n) is 9.30. The Kier molecular flexibility index (Phi) is 5.03. The van der Waals surface area contributed by atoms with E-state index in [1.807, 2.05) is 12.1 Å². The van der Waals surface area contributed by atoms with Crippen molar-refractivity contribution >= 4 is 38.2 Å². The maximum absolute atomic E-state index is 12.8. The van der Waals surface area contributed by atoms with Crippen LogP contribution in [0.25, 0.3) is 10.9 Å². The lowest BCUT2D eigenvalue weighted by atomic mass is 9.95. The molecule has 1 aliphatic carbocycles. The average Bonchev–Trinajstić information content (AvgIpc) is 3.30. The molecule has 0 unspecified atom stereocenters. The highest BCUT2D eigenvalue weighted by Gasteiger charge is 2.21. The van der Waals surface area contributed by atoms with Gasteiger partial charge in [0.05, 0.1) is 17.6 Å². The van der Waals surface area contributed by atoms with E-state index in [1.54, 1.807) is 12.1 Å². The Bertz CT molecular complexity index is 1140. The number of rotatable bonds is 5. The van der Waals surface area contributed by atoms with E-state index in [0.717, 1.165) is 28.6 Å². The van der Waals surface area contributed by atoms with E-state index in [0.29, 0.717) is 12.1 Å². The van der Waals surface area contributed by atoms with Gasteiger partial charge < -0.3 is 10.3 Å². The number of benzene rings is 1. The number of nitrogens with zero attached hydrogens (tertiary/aromatic N) is 1. The van der Waals surface area contributed by atoms with Gasteiger partial charge >= 0.3 is 0 Å². The van der Waals surface area contributed by atoms with Gasteiger partial charge in [-0.1, -0.05) is 12.1 Å². The van der Waals surface area contributed by atoms with Crippen molar-refractivity contribution in [1.82, 2.24) is 14.6 Å². The molecule has 0 atom stereocenters. The van der Waals surface area contributed by atoms with E-state index in [-0.39, 0.29) is 10.1 Å². The molecule has 28 heavy (non-hydrogen) atoms. The number of carbonyl (C=O) groups excluding carboxylic acids is 1. The van der Waals surface area contributed by atoms with Crippen molar-refractivity contribution in [2.75, 3.05) is 14.1 Å². The SMILES string of the molecule is CN(C)S(=O)(=O)c1ccc(CNC(=O)c2cccc3c4c([nH]c23)CCCC4)s1.